The number of piperidine rings is 1. The molecule has 1 aliphatic heterocycles. The number of nitrogens with zero attached hydrogens (tertiary/aromatic N) is 1. The topological polar surface area (TPSA) is 78.9 Å². The van der Waals surface area contributed by atoms with Gasteiger partial charge in [-0.3, -0.25) is 0 Å². The number of carbonyl (C=O) groups excluding carboxylic acids is 1. The van der Waals surface area contributed by atoms with E-state index >= 15 is 0 Å². The van der Waals surface area contributed by atoms with Crippen LogP contribution in [0, 0.1) is 5.92 Å². The fourth-order valence-corrected chi connectivity index (χ4v) is 2.77. The Morgan fingerprint density at radius 1 is 1.39 bits per heavy atom. The quantitative estimate of drug-likeness (QED) is 0.804. The second-order valence-corrected chi connectivity index (χ2v) is 5.92. The van der Waals surface area contributed by atoms with Gasteiger partial charge in [0.1, 0.15) is 0 Å². The number of carboxylic acid groups (broad SMARTS) is 1. The molecular weight excluding hydrogens is 320 g/mol. The summed E-state index contributed by atoms with van der Waals surface area (Å²) in [7, 11) is 0. The number of hydrogen-bond acceptors (Lipinski definition) is 4. The van der Waals surface area contributed by atoms with Crippen molar-refractivity contribution in [2.24, 2.45) is 5.92 Å². The van der Waals surface area contributed by atoms with E-state index in [9.17, 15) is 9.59 Å². The first-order chi connectivity index (χ1) is 11.0. The van der Waals surface area contributed by atoms with Gasteiger partial charge >= 0.3 is 12.1 Å². The van der Waals surface area contributed by atoms with E-state index in [4.69, 9.17) is 21.4 Å². The van der Waals surface area contributed by atoms with E-state index < -0.39 is 6.09 Å². The highest BCUT2D eigenvalue weighted by atomic mass is 35.5. The number of rotatable bonds is 5. The van der Waals surface area contributed by atoms with Gasteiger partial charge in [0.25, 0.3) is 0 Å². The Morgan fingerprint density at radius 2 is 2.09 bits per heavy atom. The van der Waals surface area contributed by atoms with Crippen molar-refractivity contribution in [3.8, 4) is 0 Å². The maximum absolute atomic E-state index is 11.8. The third-order valence-corrected chi connectivity index (χ3v) is 4.27. The van der Waals surface area contributed by atoms with Gasteiger partial charge in [-0.15, -0.1) is 0 Å². The number of benzene rings is 1. The van der Waals surface area contributed by atoms with Crippen molar-refractivity contribution < 1.29 is 19.4 Å². The summed E-state index contributed by atoms with van der Waals surface area (Å²) in [6.07, 6.45) is 0.768. The van der Waals surface area contributed by atoms with Gasteiger partial charge in [-0.05, 0) is 43.9 Å². The first-order valence-electron chi connectivity index (χ1n) is 7.69. The molecule has 0 spiro atoms. The number of amides is 1. The minimum Gasteiger partial charge on any atom is -0.465 e. The number of nitrogens with one attached hydrogen (secondary N) is 1. The summed E-state index contributed by atoms with van der Waals surface area (Å²) in [6, 6.07) is 4.99. The molecule has 0 aromatic heterocycles. The smallest absolute Gasteiger partial charge is 0.407 e. The molecule has 6 nitrogen and oxygen atoms in total. The number of anilines is 1. The first-order valence-corrected chi connectivity index (χ1v) is 8.07. The van der Waals surface area contributed by atoms with Crippen LogP contribution in [0.1, 0.15) is 30.1 Å². The number of likely N-dealkylation sites (tertiary alicyclic amines) is 1. The van der Waals surface area contributed by atoms with E-state index in [1.165, 1.54) is 4.90 Å². The Balaban J connectivity index is 1.92. The summed E-state index contributed by atoms with van der Waals surface area (Å²) in [5, 5.41) is 12.7. The van der Waals surface area contributed by atoms with Crippen LogP contribution < -0.4 is 5.32 Å². The minimum atomic E-state index is -0.860. The van der Waals surface area contributed by atoms with Crippen LogP contribution in [-0.2, 0) is 4.74 Å². The zero-order valence-electron chi connectivity index (χ0n) is 13.0. The van der Waals surface area contributed by atoms with Crippen LogP contribution >= 0.6 is 11.6 Å². The van der Waals surface area contributed by atoms with Gasteiger partial charge in [-0.1, -0.05) is 11.6 Å². The van der Waals surface area contributed by atoms with Gasteiger partial charge in [0.15, 0.2) is 0 Å². The van der Waals surface area contributed by atoms with Gasteiger partial charge in [-0.2, -0.15) is 0 Å². The van der Waals surface area contributed by atoms with Gasteiger partial charge in [0.05, 0.1) is 22.9 Å². The number of ether oxygens (including phenoxy) is 1. The van der Waals surface area contributed by atoms with Crippen LogP contribution in [0.15, 0.2) is 18.2 Å². The monoisotopic (exact) mass is 340 g/mol. The van der Waals surface area contributed by atoms with Crippen LogP contribution in [0.5, 0.6) is 0 Å². The molecule has 0 aliphatic carbocycles. The van der Waals surface area contributed by atoms with Crippen molar-refractivity contribution in [1.29, 1.82) is 0 Å². The lowest BCUT2D eigenvalue weighted by atomic mass is 9.97. The number of esters is 1. The van der Waals surface area contributed by atoms with Crippen LogP contribution in [-0.4, -0.2) is 48.3 Å². The Bertz CT molecular complexity index is 571. The molecule has 0 unspecified atom stereocenters. The third-order valence-electron chi connectivity index (χ3n) is 3.94. The van der Waals surface area contributed by atoms with E-state index in [1.54, 1.807) is 25.1 Å². The molecular formula is C16H21ClN2O4. The van der Waals surface area contributed by atoms with E-state index in [2.05, 4.69) is 5.32 Å². The van der Waals surface area contributed by atoms with E-state index in [-0.39, 0.29) is 5.97 Å². The predicted molar refractivity (Wildman–Crippen MR) is 88.2 cm³/mol. The number of hydrogen-bond donors (Lipinski definition) is 2. The van der Waals surface area contributed by atoms with Crippen molar-refractivity contribution in [3.05, 3.63) is 28.8 Å². The summed E-state index contributed by atoms with van der Waals surface area (Å²) in [4.78, 5) is 24.1. The van der Waals surface area contributed by atoms with Gasteiger partial charge in [0.2, 0.25) is 0 Å². The molecule has 1 aliphatic rings. The summed E-state index contributed by atoms with van der Waals surface area (Å²) in [5.41, 5.74) is 1.15. The van der Waals surface area contributed by atoms with Crippen molar-refractivity contribution in [1.82, 2.24) is 4.90 Å². The van der Waals surface area contributed by atoms with Crippen LogP contribution in [0.4, 0.5) is 10.5 Å². The highest BCUT2D eigenvalue weighted by molar-refractivity contribution is 6.33. The second-order valence-electron chi connectivity index (χ2n) is 5.51. The molecule has 1 heterocycles. The highest BCUT2D eigenvalue weighted by Crippen LogP contribution is 2.25. The Hall–Kier alpha value is -1.95. The van der Waals surface area contributed by atoms with Gasteiger partial charge < -0.3 is 20.1 Å². The molecule has 126 valence electrons. The van der Waals surface area contributed by atoms with Crippen LogP contribution in [0.3, 0.4) is 0 Å². The Labute approximate surface area is 140 Å². The fraction of sp³-hybridized carbons (Fsp3) is 0.500. The molecule has 2 rings (SSSR count). The molecule has 1 saturated heterocycles. The van der Waals surface area contributed by atoms with E-state index in [1.807, 2.05) is 0 Å². The van der Waals surface area contributed by atoms with Crippen molar-refractivity contribution >= 4 is 29.4 Å². The maximum Gasteiger partial charge on any atom is 0.407 e. The van der Waals surface area contributed by atoms with Gasteiger partial charge in [-0.25, -0.2) is 9.59 Å². The molecule has 1 amide bonds. The molecule has 1 aromatic rings. The van der Waals surface area contributed by atoms with Crippen molar-refractivity contribution in [2.75, 3.05) is 31.6 Å². The van der Waals surface area contributed by atoms with Crippen LogP contribution in [0.25, 0.3) is 0 Å². The minimum absolute atomic E-state index is 0.326. The van der Waals surface area contributed by atoms with Crippen LogP contribution in [0.2, 0.25) is 5.02 Å². The normalized spacial score (nSPS) is 15.3. The average Bonchev–Trinajstić information content (AvgIpc) is 2.54. The lowest BCUT2D eigenvalue weighted by Crippen LogP contribution is -2.39. The number of halogens is 1. The lowest BCUT2D eigenvalue weighted by molar-refractivity contribution is 0.0526. The molecule has 2 N–H and O–H groups in total. The number of carbonyl (C=O) groups is 2. The molecule has 0 bridgehead atoms. The molecule has 0 saturated carbocycles. The third kappa shape index (κ3) is 4.76. The largest absolute Gasteiger partial charge is 0.465 e. The molecule has 23 heavy (non-hydrogen) atoms. The Morgan fingerprint density at radius 3 is 2.70 bits per heavy atom. The molecule has 7 heteroatoms. The lowest BCUT2D eigenvalue weighted by Gasteiger charge is -2.30. The zero-order valence-corrected chi connectivity index (χ0v) is 13.8. The average molecular weight is 341 g/mol. The van der Waals surface area contributed by atoms with Crippen molar-refractivity contribution in [2.45, 2.75) is 19.8 Å². The summed E-state index contributed by atoms with van der Waals surface area (Å²) in [6.45, 7) is 3.89. The predicted octanol–water partition coefficient (Wildman–Crippen LogP) is 3.32. The van der Waals surface area contributed by atoms with Gasteiger partial charge in [0, 0.05) is 19.6 Å². The standard InChI is InChI=1S/C16H21ClN2O4/c1-2-23-15(20)12-3-4-13(17)14(9-12)18-10-11-5-7-19(8-6-11)16(21)22/h3-4,9,11,18H,2,5-8,10H2,1H3,(H,21,22). The van der Waals surface area contributed by atoms with E-state index in [0.717, 1.165) is 12.8 Å². The maximum atomic E-state index is 11.8. The van der Waals surface area contributed by atoms with E-state index in [0.29, 0.717) is 48.4 Å². The SMILES string of the molecule is CCOC(=O)c1ccc(Cl)c(NCC2CCN(C(=O)O)CC2)c1. The highest BCUT2D eigenvalue weighted by Gasteiger charge is 2.22. The molecule has 1 aromatic carbocycles. The first kappa shape index (κ1) is 17.4. The fourth-order valence-electron chi connectivity index (χ4n) is 2.58. The summed E-state index contributed by atoms with van der Waals surface area (Å²) < 4.78 is 4.98. The summed E-state index contributed by atoms with van der Waals surface area (Å²) in [5.74, 6) is 0.00917. The Kier molecular flexibility index (Phi) is 6.10. The second kappa shape index (κ2) is 8.06. The molecule has 0 radical (unpaired) electrons. The molecule has 0 atom stereocenters. The molecule has 1 fully saturated rings. The summed E-state index contributed by atoms with van der Waals surface area (Å²) >= 11 is 6.16. The zero-order chi connectivity index (χ0) is 16.8. The van der Waals surface area contributed by atoms with Crippen molar-refractivity contribution in [3.63, 3.8) is 0 Å².